The van der Waals surface area contributed by atoms with Crippen LogP contribution in [-0.4, -0.2) is 12.2 Å². The lowest BCUT2D eigenvalue weighted by Gasteiger charge is -2.13. The molecule has 0 amide bonds. The van der Waals surface area contributed by atoms with Gasteiger partial charge in [0.2, 0.25) is 0 Å². The van der Waals surface area contributed by atoms with Crippen LogP contribution in [-0.2, 0) is 0 Å². The van der Waals surface area contributed by atoms with Crippen molar-refractivity contribution in [1.29, 1.82) is 0 Å². The van der Waals surface area contributed by atoms with Gasteiger partial charge in [-0.25, -0.2) is 0 Å². The van der Waals surface area contributed by atoms with Crippen LogP contribution in [0.3, 0.4) is 0 Å². The predicted molar refractivity (Wildman–Crippen MR) is 61.0 cm³/mol. The molecule has 0 spiro atoms. The molecular weight excluding hydrogens is 190 g/mol. The highest BCUT2D eigenvalue weighted by Gasteiger charge is 2.09. The summed E-state index contributed by atoms with van der Waals surface area (Å²) >= 11 is 0. The van der Waals surface area contributed by atoms with E-state index < -0.39 is 0 Å². The van der Waals surface area contributed by atoms with Crippen LogP contribution >= 0.6 is 0 Å². The van der Waals surface area contributed by atoms with Gasteiger partial charge < -0.3 is 15.6 Å². The Bertz CT molecular complexity index is 361. The first-order valence-electron chi connectivity index (χ1n) is 4.81. The SMILES string of the molecule is C=C(C)C[C@H](N)c1ccc(OC)c(O)c1. The number of methoxy groups -OCH3 is 1. The van der Waals surface area contributed by atoms with Crippen LogP contribution in [0.25, 0.3) is 0 Å². The molecule has 0 bridgehead atoms. The van der Waals surface area contributed by atoms with Crippen molar-refractivity contribution in [3.8, 4) is 11.5 Å². The average molecular weight is 207 g/mol. The summed E-state index contributed by atoms with van der Waals surface area (Å²) in [6.07, 6.45) is 0.714. The molecule has 1 atom stereocenters. The van der Waals surface area contributed by atoms with E-state index >= 15 is 0 Å². The molecule has 15 heavy (non-hydrogen) atoms. The Morgan fingerprint density at radius 1 is 1.60 bits per heavy atom. The summed E-state index contributed by atoms with van der Waals surface area (Å²) in [5.74, 6) is 0.577. The molecule has 0 unspecified atom stereocenters. The van der Waals surface area contributed by atoms with Crippen LogP contribution in [0.15, 0.2) is 30.4 Å². The summed E-state index contributed by atoms with van der Waals surface area (Å²) in [5.41, 5.74) is 7.85. The summed E-state index contributed by atoms with van der Waals surface area (Å²) in [6, 6.07) is 5.07. The third kappa shape index (κ3) is 2.99. The van der Waals surface area contributed by atoms with E-state index in [9.17, 15) is 5.11 Å². The largest absolute Gasteiger partial charge is 0.504 e. The highest BCUT2D eigenvalue weighted by Crippen LogP contribution is 2.29. The minimum Gasteiger partial charge on any atom is -0.504 e. The van der Waals surface area contributed by atoms with Crippen molar-refractivity contribution >= 4 is 0 Å². The van der Waals surface area contributed by atoms with Gasteiger partial charge >= 0.3 is 0 Å². The molecule has 3 nitrogen and oxygen atoms in total. The minimum atomic E-state index is -0.126. The molecular formula is C12H17NO2. The number of aromatic hydroxyl groups is 1. The van der Waals surface area contributed by atoms with Gasteiger partial charge in [-0.2, -0.15) is 0 Å². The summed E-state index contributed by atoms with van der Waals surface area (Å²) in [5, 5.41) is 9.57. The Kier molecular flexibility index (Phi) is 3.74. The molecule has 0 aliphatic carbocycles. The molecule has 3 heteroatoms. The quantitative estimate of drug-likeness (QED) is 0.745. The topological polar surface area (TPSA) is 55.5 Å². The number of benzene rings is 1. The molecule has 0 fully saturated rings. The highest BCUT2D eigenvalue weighted by molar-refractivity contribution is 5.42. The zero-order valence-electron chi connectivity index (χ0n) is 9.16. The number of phenolic OH excluding ortho intramolecular Hbond substituents is 1. The van der Waals surface area contributed by atoms with Crippen molar-refractivity contribution in [2.24, 2.45) is 5.73 Å². The van der Waals surface area contributed by atoms with E-state index in [1.54, 1.807) is 12.1 Å². The molecule has 0 aliphatic rings. The van der Waals surface area contributed by atoms with Crippen LogP contribution in [0.2, 0.25) is 0 Å². The van der Waals surface area contributed by atoms with Gasteiger partial charge in [0.05, 0.1) is 7.11 Å². The Morgan fingerprint density at radius 3 is 2.73 bits per heavy atom. The fourth-order valence-corrected chi connectivity index (χ4v) is 1.43. The number of rotatable bonds is 4. The van der Waals surface area contributed by atoms with Crippen LogP contribution in [0.5, 0.6) is 11.5 Å². The second-order valence-corrected chi connectivity index (χ2v) is 3.70. The van der Waals surface area contributed by atoms with Gasteiger partial charge in [0.15, 0.2) is 11.5 Å². The van der Waals surface area contributed by atoms with Crippen molar-refractivity contribution in [2.45, 2.75) is 19.4 Å². The summed E-state index contributed by atoms with van der Waals surface area (Å²) in [6.45, 7) is 5.74. The van der Waals surface area contributed by atoms with Gasteiger partial charge in [-0.1, -0.05) is 11.6 Å². The first-order valence-corrected chi connectivity index (χ1v) is 4.81. The lowest BCUT2D eigenvalue weighted by Crippen LogP contribution is -2.10. The van der Waals surface area contributed by atoms with E-state index in [0.29, 0.717) is 12.2 Å². The normalized spacial score (nSPS) is 12.2. The lowest BCUT2D eigenvalue weighted by molar-refractivity contribution is 0.372. The van der Waals surface area contributed by atoms with E-state index in [1.807, 2.05) is 13.0 Å². The molecule has 0 saturated heterocycles. The molecule has 82 valence electrons. The Balaban J connectivity index is 2.87. The van der Waals surface area contributed by atoms with Gasteiger partial charge in [0.25, 0.3) is 0 Å². The van der Waals surface area contributed by atoms with Crippen LogP contribution in [0.4, 0.5) is 0 Å². The third-order valence-corrected chi connectivity index (χ3v) is 2.20. The van der Waals surface area contributed by atoms with Crippen LogP contribution < -0.4 is 10.5 Å². The molecule has 0 aromatic heterocycles. The maximum Gasteiger partial charge on any atom is 0.160 e. The van der Waals surface area contributed by atoms with E-state index in [0.717, 1.165) is 11.1 Å². The number of nitrogens with two attached hydrogens (primary N) is 1. The summed E-state index contributed by atoms with van der Waals surface area (Å²) in [7, 11) is 1.52. The second kappa shape index (κ2) is 4.84. The maximum atomic E-state index is 9.57. The summed E-state index contributed by atoms with van der Waals surface area (Å²) < 4.78 is 4.95. The zero-order valence-corrected chi connectivity index (χ0v) is 9.16. The highest BCUT2D eigenvalue weighted by atomic mass is 16.5. The monoisotopic (exact) mass is 207 g/mol. The van der Waals surface area contributed by atoms with Crippen molar-refractivity contribution in [1.82, 2.24) is 0 Å². The average Bonchev–Trinajstić information content (AvgIpc) is 2.16. The maximum absolute atomic E-state index is 9.57. The number of ether oxygens (including phenoxy) is 1. The Hall–Kier alpha value is -1.48. The molecule has 0 aliphatic heterocycles. The van der Waals surface area contributed by atoms with Crippen molar-refractivity contribution in [3.05, 3.63) is 35.9 Å². The zero-order chi connectivity index (χ0) is 11.4. The molecule has 0 heterocycles. The molecule has 1 rings (SSSR count). The summed E-state index contributed by atoms with van der Waals surface area (Å²) in [4.78, 5) is 0. The smallest absolute Gasteiger partial charge is 0.160 e. The van der Waals surface area contributed by atoms with Gasteiger partial charge in [-0.3, -0.25) is 0 Å². The minimum absolute atomic E-state index is 0.118. The van der Waals surface area contributed by atoms with E-state index in [2.05, 4.69) is 6.58 Å². The first kappa shape index (κ1) is 11.6. The molecule has 1 aromatic carbocycles. The third-order valence-electron chi connectivity index (χ3n) is 2.20. The number of phenols is 1. The lowest BCUT2D eigenvalue weighted by atomic mass is 10.0. The van der Waals surface area contributed by atoms with E-state index in [4.69, 9.17) is 10.5 Å². The second-order valence-electron chi connectivity index (χ2n) is 3.70. The van der Waals surface area contributed by atoms with Gasteiger partial charge in [0, 0.05) is 6.04 Å². The van der Waals surface area contributed by atoms with Gasteiger partial charge in [0.1, 0.15) is 0 Å². The standard InChI is InChI=1S/C12H17NO2/c1-8(2)6-10(13)9-4-5-12(15-3)11(14)7-9/h4-5,7,10,14H,1,6,13H2,2-3H3/t10-/m0/s1. The fourth-order valence-electron chi connectivity index (χ4n) is 1.43. The van der Waals surface area contributed by atoms with Gasteiger partial charge in [-0.05, 0) is 31.0 Å². The Labute approximate surface area is 90.2 Å². The molecule has 0 saturated carbocycles. The van der Waals surface area contributed by atoms with E-state index in [1.165, 1.54) is 7.11 Å². The molecule has 0 radical (unpaired) electrons. The van der Waals surface area contributed by atoms with Crippen molar-refractivity contribution in [2.75, 3.05) is 7.11 Å². The van der Waals surface area contributed by atoms with Crippen LogP contribution in [0, 0.1) is 0 Å². The van der Waals surface area contributed by atoms with Crippen molar-refractivity contribution in [3.63, 3.8) is 0 Å². The van der Waals surface area contributed by atoms with E-state index in [-0.39, 0.29) is 11.8 Å². The Morgan fingerprint density at radius 2 is 2.27 bits per heavy atom. The fraction of sp³-hybridized carbons (Fsp3) is 0.333. The van der Waals surface area contributed by atoms with Crippen LogP contribution in [0.1, 0.15) is 24.9 Å². The predicted octanol–water partition coefficient (Wildman–Crippen LogP) is 2.37. The molecule has 3 N–H and O–H groups in total. The molecule has 1 aromatic rings. The number of hydrogen-bond donors (Lipinski definition) is 2. The first-order chi connectivity index (χ1) is 7.04. The van der Waals surface area contributed by atoms with Crippen molar-refractivity contribution < 1.29 is 9.84 Å². The van der Waals surface area contributed by atoms with Gasteiger partial charge in [-0.15, -0.1) is 6.58 Å². The number of hydrogen-bond acceptors (Lipinski definition) is 3.